The molecular formula is C19H19NO2. The number of amides is 1. The summed E-state index contributed by atoms with van der Waals surface area (Å²) in [5, 5.41) is 3.01. The van der Waals surface area contributed by atoms with Crippen molar-refractivity contribution in [3.8, 4) is 5.75 Å². The van der Waals surface area contributed by atoms with Gasteiger partial charge in [0.1, 0.15) is 11.2 Å². The number of ether oxygens (including phenoxy) is 1. The molecule has 2 aromatic carbocycles. The maximum atomic E-state index is 12.9. The van der Waals surface area contributed by atoms with Gasteiger partial charge in [-0.2, -0.15) is 0 Å². The van der Waals surface area contributed by atoms with Crippen molar-refractivity contribution >= 4 is 11.6 Å². The quantitative estimate of drug-likeness (QED) is 0.868. The van der Waals surface area contributed by atoms with Crippen molar-refractivity contribution in [1.29, 1.82) is 0 Å². The fourth-order valence-corrected chi connectivity index (χ4v) is 3.30. The number of anilines is 1. The number of benzene rings is 2. The van der Waals surface area contributed by atoms with Crippen molar-refractivity contribution in [2.45, 2.75) is 18.8 Å². The van der Waals surface area contributed by atoms with Crippen LogP contribution < -0.4 is 10.1 Å². The van der Waals surface area contributed by atoms with Gasteiger partial charge in [0.2, 0.25) is 5.91 Å². The molecule has 1 unspecified atom stereocenters. The van der Waals surface area contributed by atoms with Gasteiger partial charge in [0.05, 0.1) is 7.11 Å². The molecule has 0 aliphatic carbocycles. The SMILES string of the molecule is C=C(C)CC1(c2ccccc2OC)C(=O)Nc2ccccc21. The van der Waals surface area contributed by atoms with Crippen molar-refractivity contribution in [3.63, 3.8) is 0 Å². The molecule has 0 saturated carbocycles. The van der Waals surface area contributed by atoms with E-state index in [0.29, 0.717) is 6.42 Å². The third-order valence-corrected chi connectivity index (χ3v) is 4.16. The predicted octanol–water partition coefficient (Wildman–Crippen LogP) is 3.90. The van der Waals surface area contributed by atoms with Gasteiger partial charge in [0.15, 0.2) is 0 Å². The van der Waals surface area contributed by atoms with E-state index in [1.165, 1.54) is 0 Å². The van der Waals surface area contributed by atoms with Crippen LogP contribution in [0.2, 0.25) is 0 Å². The largest absolute Gasteiger partial charge is 0.496 e. The average molecular weight is 293 g/mol. The van der Waals surface area contributed by atoms with Crippen LogP contribution in [0.3, 0.4) is 0 Å². The summed E-state index contributed by atoms with van der Waals surface area (Å²) in [6, 6.07) is 15.5. The molecule has 1 aliphatic rings. The number of carbonyl (C=O) groups is 1. The van der Waals surface area contributed by atoms with E-state index in [2.05, 4.69) is 11.9 Å². The van der Waals surface area contributed by atoms with Crippen LogP contribution in [0.15, 0.2) is 60.7 Å². The first-order chi connectivity index (χ1) is 10.6. The summed E-state index contributed by atoms with van der Waals surface area (Å²) in [6.07, 6.45) is 0.552. The molecule has 1 heterocycles. The molecule has 3 rings (SSSR count). The van der Waals surface area contributed by atoms with Crippen LogP contribution in [0.25, 0.3) is 0 Å². The van der Waals surface area contributed by atoms with Crippen LogP contribution in [0, 0.1) is 0 Å². The first-order valence-corrected chi connectivity index (χ1v) is 7.28. The zero-order chi connectivity index (χ0) is 15.7. The molecule has 22 heavy (non-hydrogen) atoms. The molecular weight excluding hydrogens is 274 g/mol. The molecule has 0 saturated heterocycles. The molecule has 1 amide bonds. The molecule has 0 aromatic heterocycles. The Hall–Kier alpha value is -2.55. The molecule has 0 fully saturated rings. The van der Waals surface area contributed by atoms with Gasteiger partial charge in [-0.05, 0) is 31.0 Å². The highest BCUT2D eigenvalue weighted by Crippen LogP contribution is 2.49. The van der Waals surface area contributed by atoms with Crippen molar-refractivity contribution in [1.82, 2.24) is 0 Å². The van der Waals surface area contributed by atoms with E-state index >= 15 is 0 Å². The topological polar surface area (TPSA) is 38.3 Å². The minimum Gasteiger partial charge on any atom is -0.496 e. The smallest absolute Gasteiger partial charge is 0.240 e. The molecule has 1 aliphatic heterocycles. The van der Waals surface area contributed by atoms with E-state index in [9.17, 15) is 4.79 Å². The summed E-state index contributed by atoms with van der Waals surface area (Å²) in [6.45, 7) is 5.98. The lowest BCUT2D eigenvalue weighted by Crippen LogP contribution is -2.36. The number of hydrogen-bond donors (Lipinski definition) is 1. The number of allylic oxidation sites excluding steroid dienone is 1. The predicted molar refractivity (Wildman–Crippen MR) is 88.3 cm³/mol. The molecule has 0 radical (unpaired) electrons. The van der Waals surface area contributed by atoms with Gasteiger partial charge in [-0.25, -0.2) is 0 Å². The second-order valence-corrected chi connectivity index (χ2v) is 5.74. The Kier molecular flexibility index (Phi) is 3.49. The first-order valence-electron chi connectivity index (χ1n) is 7.28. The third-order valence-electron chi connectivity index (χ3n) is 4.16. The summed E-state index contributed by atoms with van der Waals surface area (Å²) in [5.41, 5.74) is 2.89. The minimum absolute atomic E-state index is 0.0267. The molecule has 112 valence electrons. The van der Waals surface area contributed by atoms with E-state index in [4.69, 9.17) is 4.74 Å². The van der Waals surface area contributed by atoms with Gasteiger partial charge >= 0.3 is 0 Å². The summed E-state index contributed by atoms with van der Waals surface area (Å²) >= 11 is 0. The number of para-hydroxylation sites is 2. The molecule has 2 aromatic rings. The van der Waals surface area contributed by atoms with E-state index in [-0.39, 0.29) is 5.91 Å². The van der Waals surface area contributed by atoms with Crippen molar-refractivity contribution < 1.29 is 9.53 Å². The van der Waals surface area contributed by atoms with Crippen LogP contribution in [0.1, 0.15) is 24.5 Å². The fourth-order valence-electron chi connectivity index (χ4n) is 3.30. The summed E-state index contributed by atoms with van der Waals surface area (Å²) < 4.78 is 5.52. The number of carbonyl (C=O) groups excluding carboxylic acids is 1. The second kappa shape index (κ2) is 5.34. The van der Waals surface area contributed by atoms with Crippen LogP contribution in [-0.2, 0) is 10.2 Å². The Morgan fingerprint density at radius 2 is 1.77 bits per heavy atom. The zero-order valence-electron chi connectivity index (χ0n) is 12.8. The molecule has 1 atom stereocenters. The molecule has 0 bridgehead atoms. The van der Waals surface area contributed by atoms with Gasteiger partial charge in [-0.15, -0.1) is 6.58 Å². The van der Waals surface area contributed by atoms with Crippen molar-refractivity contribution in [2.75, 3.05) is 12.4 Å². The standard InChI is InChI=1S/C19H19NO2/c1-13(2)12-19(15-9-5-7-11-17(15)22-3)14-8-4-6-10-16(14)20-18(19)21/h4-11H,1,12H2,2-3H3,(H,20,21). The van der Waals surface area contributed by atoms with Crippen LogP contribution in [0.4, 0.5) is 5.69 Å². The van der Waals surface area contributed by atoms with E-state index in [0.717, 1.165) is 28.1 Å². The highest BCUT2D eigenvalue weighted by atomic mass is 16.5. The second-order valence-electron chi connectivity index (χ2n) is 5.74. The number of rotatable bonds is 4. The van der Waals surface area contributed by atoms with Gasteiger partial charge < -0.3 is 10.1 Å². The summed E-state index contributed by atoms with van der Waals surface area (Å²) in [7, 11) is 1.63. The van der Waals surface area contributed by atoms with Gasteiger partial charge in [0, 0.05) is 11.3 Å². The Bertz CT molecular complexity index is 751. The van der Waals surface area contributed by atoms with Crippen molar-refractivity contribution in [3.05, 3.63) is 71.8 Å². The zero-order valence-corrected chi connectivity index (χ0v) is 12.8. The van der Waals surface area contributed by atoms with Gasteiger partial charge in [-0.1, -0.05) is 42.0 Å². The fraction of sp³-hybridized carbons (Fsp3) is 0.211. The summed E-state index contributed by atoms with van der Waals surface area (Å²) in [4.78, 5) is 12.9. The third kappa shape index (κ3) is 2.01. The first kappa shape index (κ1) is 14.4. The molecule has 3 heteroatoms. The Labute approximate surface area is 130 Å². The van der Waals surface area contributed by atoms with E-state index in [1.54, 1.807) is 7.11 Å². The van der Waals surface area contributed by atoms with Crippen LogP contribution in [0.5, 0.6) is 5.75 Å². The lowest BCUT2D eigenvalue weighted by atomic mass is 9.71. The van der Waals surface area contributed by atoms with Crippen molar-refractivity contribution in [2.24, 2.45) is 0 Å². The maximum absolute atomic E-state index is 12.9. The Morgan fingerprint density at radius 3 is 2.45 bits per heavy atom. The number of methoxy groups -OCH3 is 1. The van der Waals surface area contributed by atoms with E-state index < -0.39 is 5.41 Å². The molecule has 0 spiro atoms. The molecule has 1 N–H and O–H groups in total. The Balaban J connectivity index is 2.31. The number of nitrogens with one attached hydrogen (secondary N) is 1. The monoisotopic (exact) mass is 293 g/mol. The highest BCUT2D eigenvalue weighted by Gasteiger charge is 2.49. The van der Waals surface area contributed by atoms with Crippen LogP contribution in [-0.4, -0.2) is 13.0 Å². The minimum atomic E-state index is -0.783. The lowest BCUT2D eigenvalue weighted by Gasteiger charge is -2.30. The van der Waals surface area contributed by atoms with E-state index in [1.807, 2.05) is 55.5 Å². The highest BCUT2D eigenvalue weighted by molar-refractivity contribution is 6.09. The van der Waals surface area contributed by atoms with Crippen LogP contribution >= 0.6 is 0 Å². The number of hydrogen-bond acceptors (Lipinski definition) is 2. The van der Waals surface area contributed by atoms with Gasteiger partial charge in [-0.3, -0.25) is 4.79 Å². The lowest BCUT2D eigenvalue weighted by molar-refractivity contribution is -0.119. The average Bonchev–Trinajstić information content (AvgIpc) is 2.80. The normalized spacial score (nSPS) is 19.5. The Morgan fingerprint density at radius 1 is 1.14 bits per heavy atom. The maximum Gasteiger partial charge on any atom is 0.240 e. The summed E-state index contributed by atoms with van der Waals surface area (Å²) in [5.74, 6) is 0.691. The number of fused-ring (bicyclic) bond motifs is 1. The molecule has 3 nitrogen and oxygen atoms in total. The van der Waals surface area contributed by atoms with Gasteiger partial charge in [0.25, 0.3) is 0 Å².